The quantitative estimate of drug-likeness (QED) is 0.782. The first kappa shape index (κ1) is 14.4. The van der Waals surface area contributed by atoms with Crippen molar-refractivity contribution in [2.75, 3.05) is 0 Å². The molecule has 0 amide bonds. The molecule has 5 heteroatoms. The second-order valence-electron chi connectivity index (χ2n) is 5.54. The molecule has 0 aliphatic rings. The van der Waals surface area contributed by atoms with Crippen molar-refractivity contribution < 1.29 is 0 Å². The molecule has 2 aromatic heterocycles. The Morgan fingerprint density at radius 1 is 1.21 bits per heavy atom. The van der Waals surface area contributed by atoms with Crippen molar-refractivity contribution in [3.63, 3.8) is 0 Å². The van der Waals surface area contributed by atoms with E-state index in [1.54, 1.807) is 11.3 Å². The van der Waals surface area contributed by atoms with Gasteiger partial charge in [0.1, 0.15) is 10.8 Å². The summed E-state index contributed by atoms with van der Waals surface area (Å²) < 4.78 is 0. The normalized spacial score (nSPS) is 11.8. The Hall–Kier alpha value is -1.00. The Morgan fingerprint density at radius 3 is 2.53 bits per heavy atom. The van der Waals surface area contributed by atoms with Gasteiger partial charge in [-0.2, -0.15) is 0 Å². The van der Waals surface area contributed by atoms with Gasteiger partial charge < -0.3 is 0 Å². The lowest BCUT2D eigenvalue weighted by Gasteiger charge is -2.13. The van der Waals surface area contributed by atoms with Crippen molar-refractivity contribution in [3.8, 4) is 11.5 Å². The molecular weight excluding hydrogens is 278 g/mol. The highest BCUT2D eigenvalue weighted by Gasteiger charge is 2.19. The average Bonchev–Trinajstić information content (AvgIpc) is 2.77. The summed E-state index contributed by atoms with van der Waals surface area (Å²) in [5, 5.41) is 3.57. The Balaban J connectivity index is 2.38. The Labute approximate surface area is 123 Å². The van der Waals surface area contributed by atoms with E-state index in [-0.39, 0.29) is 5.41 Å². The van der Waals surface area contributed by atoms with Gasteiger partial charge in [-0.05, 0) is 12.5 Å². The van der Waals surface area contributed by atoms with Gasteiger partial charge in [-0.3, -0.25) is 0 Å². The minimum absolute atomic E-state index is 0.0493. The van der Waals surface area contributed by atoms with Gasteiger partial charge in [-0.1, -0.05) is 45.7 Å². The first-order valence-electron chi connectivity index (χ1n) is 6.40. The van der Waals surface area contributed by atoms with Crippen LogP contribution in [0.25, 0.3) is 11.5 Å². The predicted octanol–water partition coefficient (Wildman–Crippen LogP) is 4.50. The van der Waals surface area contributed by atoms with E-state index < -0.39 is 0 Å². The average molecular weight is 296 g/mol. The molecule has 2 heterocycles. The summed E-state index contributed by atoms with van der Waals surface area (Å²) in [6, 6.07) is 1.82. The summed E-state index contributed by atoms with van der Waals surface area (Å²) in [7, 11) is 0. The maximum atomic E-state index is 6.06. The molecule has 0 unspecified atom stereocenters. The third kappa shape index (κ3) is 3.51. The first-order chi connectivity index (χ1) is 8.90. The maximum absolute atomic E-state index is 6.06. The van der Waals surface area contributed by atoms with Crippen molar-refractivity contribution in [1.29, 1.82) is 0 Å². The molecule has 0 saturated heterocycles. The minimum atomic E-state index is 0.0493. The van der Waals surface area contributed by atoms with Crippen LogP contribution >= 0.6 is 22.9 Å². The van der Waals surface area contributed by atoms with Crippen LogP contribution in [0.4, 0.5) is 0 Å². The smallest absolute Gasteiger partial charge is 0.180 e. The zero-order chi connectivity index (χ0) is 14.0. The van der Waals surface area contributed by atoms with Gasteiger partial charge in [-0.25, -0.2) is 15.0 Å². The van der Waals surface area contributed by atoms with E-state index in [1.807, 2.05) is 11.4 Å². The molecule has 0 atom stereocenters. The molecule has 102 valence electrons. The van der Waals surface area contributed by atoms with Crippen molar-refractivity contribution in [2.45, 2.75) is 46.0 Å². The van der Waals surface area contributed by atoms with Gasteiger partial charge >= 0.3 is 0 Å². The largest absolute Gasteiger partial charge is 0.237 e. The lowest BCUT2D eigenvalue weighted by Crippen LogP contribution is -2.10. The first-order valence-corrected chi connectivity index (χ1v) is 7.65. The van der Waals surface area contributed by atoms with Crippen LogP contribution in [0.5, 0.6) is 0 Å². The van der Waals surface area contributed by atoms with E-state index in [0.29, 0.717) is 11.0 Å². The van der Waals surface area contributed by atoms with Gasteiger partial charge in [0, 0.05) is 16.5 Å². The standard InChI is InChI=1S/C14H18ClN3S/c1-5-6-9-7-11(15)18-12(16-9)10-8-19-13(17-10)14(2,3)4/h7-8H,5-6H2,1-4H3. The van der Waals surface area contributed by atoms with Crippen LogP contribution in [0.15, 0.2) is 11.4 Å². The zero-order valence-corrected chi connectivity index (χ0v) is 13.3. The molecule has 0 aliphatic heterocycles. The Morgan fingerprint density at radius 2 is 1.95 bits per heavy atom. The van der Waals surface area contributed by atoms with E-state index in [1.165, 1.54) is 0 Å². The molecule has 0 fully saturated rings. The highest BCUT2D eigenvalue weighted by molar-refractivity contribution is 7.10. The summed E-state index contributed by atoms with van der Waals surface area (Å²) in [5.74, 6) is 0.628. The Kier molecular flexibility index (Phi) is 4.21. The SMILES string of the molecule is CCCc1cc(Cl)nc(-c2csc(C(C)(C)C)n2)n1. The molecular formula is C14H18ClN3S. The summed E-state index contributed by atoms with van der Waals surface area (Å²) >= 11 is 7.70. The molecule has 0 spiro atoms. The number of aryl methyl sites for hydroxylation is 1. The molecule has 0 aliphatic carbocycles. The molecule has 3 nitrogen and oxygen atoms in total. The van der Waals surface area contributed by atoms with Gasteiger partial charge in [0.25, 0.3) is 0 Å². The second kappa shape index (κ2) is 5.55. The summed E-state index contributed by atoms with van der Waals surface area (Å²) in [6.45, 7) is 8.57. The fraction of sp³-hybridized carbons (Fsp3) is 0.500. The van der Waals surface area contributed by atoms with Gasteiger partial charge in [-0.15, -0.1) is 11.3 Å². The monoisotopic (exact) mass is 295 g/mol. The van der Waals surface area contributed by atoms with Crippen molar-refractivity contribution in [1.82, 2.24) is 15.0 Å². The predicted molar refractivity (Wildman–Crippen MR) is 80.8 cm³/mol. The van der Waals surface area contributed by atoms with Crippen molar-refractivity contribution in [3.05, 3.63) is 27.3 Å². The van der Waals surface area contributed by atoms with Crippen LogP contribution in [0, 0.1) is 0 Å². The van der Waals surface area contributed by atoms with Crippen molar-refractivity contribution >= 4 is 22.9 Å². The number of thiazole rings is 1. The number of rotatable bonds is 3. The molecule has 0 radical (unpaired) electrons. The van der Waals surface area contributed by atoms with E-state index in [0.717, 1.165) is 29.2 Å². The summed E-state index contributed by atoms with van der Waals surface area (Å²) in [5.41, 5.74) is 1.84. The number of aromatic nitrogens is 3. The third-order valence-corrected chi connectivity index (χ3v) is 4.09. The molecule has 19 heavy (non-hydrogen) atoms. The number of nitrogens with zero attached hydrogens (tertiary/aromatic N) is 3. The molecule has 2 rings (SSSR count). The molecule has 0 bridgehead atoms. The van der Waals surface area contributed by atoms with E-state index in [2.05, 4.69) is 42.6 Å². The summed E-state index contributed by atoms with van der Waals surface area (Å²) in [6.07, 6.45) is 1.95. The third-order valence-electron chi connectivity index (χ3n) is 2.63. The fourth-order valence-corrected chi connectivity index (χ4v) is 2.78. The van der Waals surface area contributed by atoms with Crippen LogP contribution in [0.2, 0.25) is 5.15 Å². The molecule has 2 aromatic rings. The molecule has 0 aromatic carbocycles. The van der Waals surface area contributed by atoms with Crippen molar-refractivity contribution in [2.24, 2.45) is 0 Å². The number of halogens is 1. The minimum Gasteiger partial charge on any atom is -0.237 e. The van der Waals surface area contributed by atoms with E-state index >= 15 is 0 Å². The molecule has 0 saturated carbocycles. The van der Waals surface area contributed by atoms with Crippen LogP contribution in [-0.4, -0.2) is 15.0 Å². The van der Waals surface area contributed by atoms with Gasteiger partial charge in [0.15, 0.2) is 5.82 Å². The lowest BCUT2D eigenvalue weighted by atomic mass is 9.98. The molecule has 0 N–H and O–H groups in total. The fourth-order valence-electron chi connectivity index (χ4n) is 1.68. The maximum Gasteiger partial charge on any atom is 0.180 e. The Bertz CT molecular complexity index is 572. The lowest BCUT2D eigenvalue weighted by molar-refractivity contribution is 0.586. The van der Waals surface area contributed by atoms with Gasteiger partial charge in [0.2, 0.25) is 0 Å². The van der Waals surface area contributed by atoms with Crippen LogP contribution in [0.1, 0.15) is 44.8 Å². The highest BCUT2D eigenvalue weighted by Crippen LogP contribution is 2.29. The topological polar surface area (TPSA) is 38.7 Å². The second-order valence-corrected chi connectivity index (χ2v) is 6.79. The van der Waals surface area contributed by atoms with Crippen LogP contribution in [0.3, 0.4) is 0 Å². The number of hydrogen-bond acceptors (Lipinski definition) is 4. The summed E-state index contributed by atoms with van der Waals surface area (Å²) in [4.78, 5) is 13.4. The van der Waals surface area contributed by atoms with E-state index in [4.69, 9.17) is 11.6 Å². The zero-order valence-electron chi connectivity index (χ0n) is 11.7. The van der Waals surface area contributed by atoms with E-state index in [9.17, 15) is 0 Å². The van der Waals surface area contributed by atoms with Crippen LogP contribution in [-0.2, 0) is 11.8 Å². The van der Waals surface area contributed by atoms with Crippen LogP contribution < -0.4 is 0 Å². The van der Waals surface area contributed by atoms with Gasteiger partial charge in [0.05, 0.1) is 5.01 Å². The highest BCUT2D eigenvalue weighted by atomic mass is 35.5. The number of hydrogen-bond donors (Lipinski definition) is 0.